The van der Waals surface area contributed by atoms with Gasteiger partial charge in [0, 0.05) is 20.4 Å². The van der Waals surface area contributed by atoms with E-state index in [1.54, 1.807) is 48.5 Å². The largest absolute Gasteiger partial charge is 0.455 e. The number of para-hydroxylation sites is 1. The van der Waals surface area contributed by atoms with E-state index in [9.17, 15) is 4.79 Å². The van der Waals surface area contributed by atoms with Crippen LogP contribution in [0.3, 0.4) is 0 Å². The average molecular weight is 559 g/mol. The molecule has 0 saturated heterocycles. The van der Waals surface area contributed by atoms with Gasteiger partial charge in [0.1, 0.15) is 17.1 Å². The first-order valence-electron chi connectivity index (χ1n) is 11.1. The van der Waals surface area contributed by atoms with Crippen molar-refractivity contribution in [1.29, 1.82) is 0 Å². The Labute approximate surface area is 218 Å². The number of hydrogen-bond acceptors (Lipinski definition) is 5. The standard InChI is InChI=1S/C28H17BrClN3O3/c1-16-6-9-20(22(29)12-16)25-11-8-19(35-25)15-31-33-27(32-23-5-3-2-4-21(23)28(33)34)26-14-17-13-18(30)7-10-24(17)36-26/h2-15H,1H3. The molecule has 0 fully saturated rings. The van der Waals surface area contributed by atoms with Crippen molar-refractivity contribution < 1.29 is 8.83 Å². The lowest BCUT2D eigenvalue weighted by Gasteiger charge is -2.06. The third-order valence-electron chi connectivity index (χ3n) is 5.77. The van der Waals surface area contributed by atoms with Gasteiger partial charge in [-0.1, -0.05) is 45.7 Å². The Morgan fingerprint density at radius 3 is 2.69 bits per heavy atom. The fraction of sp³-hybridized carbons (Fsp3) is 0.0357. The number of aromatic nitrogens is 2. The molecule has 0 aliphatic carbocycles. The van der Waals surface area contributed by atoms with Crippen LogP contribution in [0.15, 0.2) is 102 Å². The van der Waals surface area contributed by atoms with E-state index in [-0.39, 0.29) is 11.4 Å². The van der Waals surface area contributed by atoms with Crippen LogP contribution in [0.2, 0.25) is 5.02 Å². The molecule has 0 amide bonds. The van der Waals surface area contributed by atoms with Gasteiger partial charge in [0.2, 0.25) is 5.82 Å². The second-order valence-electron chi connectivity index (χ2n) is 8.29. The highest BCUT2D eigenvalue weighted by molar-refractivity contribution is 9.10. The predicted octanol–water partition coefficient (Wildman–Crippen LogP) is 7.68. The number of furan rings is 2. The van der Waals surface area contributed by atoms with Gasteiger partial charge in [-0.25, -0.2) is 4.98 Å². The molecule has 3 aromatic carbocycles. The van der Waals surface area contributed by atoms with E-state index in [2.05, 4.69) is 21.0 Å². The van der Waals surface area contributed by atoms with E-state index in [0.717, 1.165) is 21.0 Å². The van der Waals surface area contributed by atoms with Gasteiger partial charge in [-0.15, -0.1) is 0 Å². The van der Waals surface area contributed by atoms with Crippen LogP contribution in [0.5, 0.6) is 0 Å². The molecule has 6 aromatic rings. The molecule has 36 heavy (non-hydrogen) atoms. The highest BCUT2D eigenvalue weighted by Gasteiger charge is 2.17. The number of benzene rings is 3. The Bertz CT molecular complexity index is 1870. The van der Waals surface area contributed by atoms with Crippen molar-refractivity contribution in [3.8, 4) is 22.9 Å². The number of nitrogens with zero attached hydrogens (tertiary/aromatic N) is 3. The van der Waals surface area contributed by atoms with Crippen LogP contribution < -0.4 is 5.56 Å². The molecule has 0 bridgehead atoms. The zero-order valence-corrected chi connectivity index (χ0v) is 21.2. The molecule has 176 valence electrons. The molecule has 0 saturated carbocycles. The van der Waals surface area contributed by atoms with Gasteiger partial charge in [0.15, 0.2) is 5.76 Å². The van der Waals surface area contributed by atoms with E-state index < -0.39 is 0 Å². The van der Waals surface area contributed by atoms with Crippen LogP contribution in [0.4, 0.5) is 0 Å². The van der Waals surface area contributed by atoms with Crippen LogP contribution in [-0.4, -0.2) is 15.9 Å². The quantitative estimate of drug-likeness (QED) is 0.208. The van der Waals surface area contributed by atoms with Gasteiger partial charge in [-0.05, 0) is 73.2 Å². The average Bonchev–Trinajstić information content (AvgIpc) is 3.50. The topological polar surface area (TPSA) is 73.5 Å². The third kappa shape index (κ3) is 4.06. The van der Waals surface area contributed by atoms with Gasteiger partial charge in [0.25, 0.3) is 5.56 Å². The lowest BCUT2D eigenvalue weighted by Crippen LogP contribution is -2.20. The smallest absolute Gasteiger partial charge is 0.282 e. The van der Waals surface area contributed by atoms with Gasteiger partial charge in [-0.2, -0.15) is 9.78 Å². The number of hydrogen-bond donors (Lipinski definition) is 0. The van der Waals surface area contributed by atoms with Crippen LogP contribution >= 0.6 is 27.5 Å². The van der Waals surface area contributed by atoms with Crippen molar-refractivity contribution in [3.63, 3.8) is 0 Å². The summed E-state index contributed by atoms with van der Waals surface area (Å²) in [5.74, 6) is 1.84. The first-order chi connectivity index (χ1) is 17.5. The summed E-state index contributed by atoms with van der Waals surface area (Å²) >= 11 is 9.73. The monoisotopic (exact) mass is 557 g/mol. The van der Waals surface area contributed by atoms with E-state index in [4.69, 9.17) is 25.4 Å². The number of aryl methyl sites for hydroxylation is 1. The Balaban J connectivity index is 1.47. The summed E-state index contributed by atoms with van der Waals surface area (Å²) in [5, 5.41) is 6.29. The van der Waals surface area contributed by atoms with Crippen LogP contribution in [0.1, 0.15) is 11.3 Å². The SMILES string of the molecule is Cc1ccc(-c2ccc(C=Nn3c(-c4cc5cc(Cl)ccc5o4)nc4ccccc4c3=O)o2)c(Br)c1. The second kappa shape index (κ2) is 8.93. The molecule has 0 aliphatic heterocycles. The molecule has 8 heteroatoms. The second-order valence-corrected chi connectivity index (χ2v) is 9.58. The van der Waals surface area contributed by atoms with E-state index in [1.807, 2.05) is 37.3 Å². The molecule has 6 nitrogen and oxygen atoms in total. The third-order valence-corrected chi connectivity index (χ3v) is 6.66. The molecule has 3 aromatic heterocycles. The Morgan fingerprint density at radius 1 is 0.972 bits per heavy atom. The fourth-order valence-corrected chi connectivity index (χ4v) is 4.89. The van der Waals surface area contributed by atoms with Crippen molar-refractivity contribution >= 4 is 55.6 Å². The van der Waals surface area contributed by atoms with Crippen LogP contribution in [0.25, 0.3) is 44.8 Å². The summed E-state index contributed by atoms with van der Waals surface area (Å²) in [7, 11) is 0. The summed E-state index contributed by atoms with van der Waals surface area (Å²) in [6.45, 7) is 2.03. The molecular weight excluding hydrogens is 542 g/mol. The molecule has 0 radical (unpaired) electrons. The zero-order chi connectivity index (χ0) is 24.8. The molecule has 0 N–H and O–H groups in total. The van der Waals surface area contributed by atoms with Crippen molar-refractivity contribution in [1.82, 2.24) is 9.66 Å². The number of fused-ring (bicyclic) bond motifs is 2. The van der Waals surface area contributed by atoms with Crippen molar-refractivity contribution in [2.75, 3.05) is 0 Å². The molecule has 0 spiro atoms. The minimum Gasteiger partial charge on any atom is -0.455 e. The Morgan fingerprint density at radius 2 is 1.83 bits per heavy atom. The highest BCUT2D eigenvalue weighted by atomic mass is 79.9. The summed E-state index contributed by atoms with van der Waals surface area (Å²) in [6.07, 6.45) is 1.49. The van der Waals surface area contributed by atoms with Crippen LogP contribution in [-0.2, 0) is 0 Å². The molecule has 0 atom stereocenters. The molecule has 0 aliphatic rings. The number of halogens is 2. The minimum absolute atomic E-state index is 0.273. The summed E-state index contributed by atoms with van der Waals surface area (Å²) < 4.78 is 14.2. The molecule has 0 unspecified atom stereocenters. The van der Waals surface area contributed by atoms with Gasteiger partial charge in [0.05, 0.1) is 17.1 Å². The van der Waals surface area contributed by atoms with Gasteiger partial charge < -0.3 is 8.83 Å². The van der Waals surface area contributed by atoms with Crippen molar-refractivity contribution in [2.24, 2.45) is 5.10 Å². The van der Waals surface area contributed by atoms with Crippen molar-refractivity contribution in [2.45, 2.75) is 6.92 Å². The molecular formula is C28H17BrClN3O3. The maximum Gasteiger partial charge on any atom is 0.282 e. The Hall–Kier alpha value is -3.94. The first-order valence-corrected chi connectivity index (χ1v) is 12.3. The molecule has 6 rings (SSSR count). The predicted molar refractivity (Wildman–Crippen MR) is 146 cm³/mol. The number of rotatable bonds is 4. The fourth-order valence-electron chi connectivity index (χ4n) is 4.02. The highest BCUT2D eigenvalue weighted by Crippen LogP contribution is 2.31. The lowest BCUT2D eigenvalue weighted by atomic mass is 10.1. The first kappa shape index (κ1) is 22.5. The summed E-state index contributed by atoms with van der Waals surface area (Å²) in [6, 6.07) is 23.9. The maximum absolute atomic E-state index is 13.4. The molecule has 3 heterocycles. The summed E-state index contributed by atoms with van der Waals surface area (Å²) in [5.41, 5.74) is 2.92. The van der Waals surface area contributed by atoms with Gasteiger partial charge in [-0.3, -0.25) is 4.79 Å². The van der Waals surface area contributed by atoms with Crippen LogP contribution in [0, 0.1) is 6.92 Å². The lowest BCUT2D eigenvalue weighted by molar-refractivity contribution is 0.573. The minimum atomic E-state index is -0.321. The van der Waals surface area contributed by atoms with E-state index in [0.29, 0.717) is 38.8 Å². The normalized spacial score (nSPS) is 11.8. The maximum atomic E-state index is 13.4. The Kier molecular flexibility index (Phi) is 5.59. The summed E-state index contributed by atoms with van der Waals surface area (Å²) in [4.78, 5) is 18.1. The van der Waals surface area contributed by atoms with E-state index in [1.165, 1.54) is 10.9 Å². The zero-order valence-electron chi connectivity index (χ0n) is 18.9. The van der Waals surface area contributed by atoms with Crippen molar-refractivity contribution in [3.05, 3.63) is 110 Å². The van der Waals surface area contributed by atoms with Gasteiger partial charge >= 0.3 is 0 Å². The van der Waals surface area contributed by atoms with E-state index >= 15 is 0 Å².